The second-order valence-electron chi connectivity index (χ2n) is 5.98. The first-order valence-corrected chi connectivity index (χ1v) is 7.00. The van der Waals surface area contributed by atoms with Crippen LogP contribution in [0.1, 0.15) is 32.0 Å². The third-order valence-corrected chi connectivity index (χ3v) is 2.92. The molecule has 0 unspecified atom stereocenters. The second kappa shape index (κ2) is 6.68. The van der Waals surface area contributed by atoms with Crippen LogP contribution in [0.15, 0.2) is 42.6 Å². The van der Waals surface area contributed by atoms with Crippen LogP contribution in [0.5, 0.6) is 5.75 Å². The number of benzene rings is 1. The molecular formula is C17H21FN2O. The largest absolute Gasteiger partial charge is 0.484 e. The summed E-state index contributed by atoms with van der Waals surface area (Å²) < 4.78 is 18.8. The van der Waals surface area contributed by atoms with E-state index in [2.05, 4.69) is 31.1 Å². The molecule has 0 aliphatic rings. The molecule has 0 radical (unpaired) electrons. The molecule has 1 heterocycles. The highest BCUT2D eigenvalue weighted by Crippen LogP contribution is 2.16. The highest BCUT2D eigenvalue weighted by molar-refractivity contribution is 5.24. The van der Waals surface area contributed by atoms with Crippen molar-refractivity contribution >= 4 is 0 Å². The molecule has 21 heavy (non-hydrogen) atoms. The Labute approximate surface area is 125 Å². The van der Waals surface area contributed by atoms with Crippen molar-refractivity contribution in [3.05, 3.63) is 59.7 Å². The minimum absolute atomic E-state index is 0.0760. The minimum atomic E-state index is -0.358. The van der Waals surface area contributed by atoms with Crippen LogP contribution in [0, 0.1) is 5.82 Å². The van der Waals surface area contributed by atoms with E-state index >= 15 is 0 Å². The Morgan fingerprint density at radius 1 is 1.14 bits per heavy atom. The molecule has 0 spiro atoms. The van der Waals surface area contributed by atoms with Crippen molar-refractivity contribution in [1.82, 2.24) is 10.3 Å². The van der Waals surface area contributed by atoms with Gasteiger partial charge in [0.25, 0.3) is 0 Å². The monoisotopic (exact) mass is 288 g/mol. The van der Waals surface area contributed by atoms with E-state index in [0.717, 1.165) is 17.8 Å². The summed E-state index contributed by atoms with van der Waals surface area (Å²) in [7, 11) is 0. The molecule has 1 aromatic heterocycles. The molecule has 2 rings (SSSR count). The van der Waals surface area contributed by atoms with Gasteiger partial charge in [-0.3, -0.25) is 4.98 Å². The summed E-state index contributed by atoms with van der Waals surface area (Å²) >= 11 is 0. The molecule has 0 amide bonds. The second-order valence-corrected chi connectivity index (χ2v) is 5.98. The van der Waals surface area contributed by atoms with Crippen molar-refractivity contribution in [3.8, 4) is 5.75 Å². The van der Waals surface area contributed by atoms with Gasteiger partial charge in [0.2, 0.25) is 0 Å². The summed E-state index contributed by atoms with van der Waals surface area (Å²) in [6, 6.07) is 10.3. The highest BCUT2D eigenvalue weighted by Gasteiger charge is 2.08. The molecule has 1 N–H and O–H groups in total. The number of nitrogens with one attached hydrogen (secondary N) is 1. The maximum atomic E-state index is 13.4. The Hall–Kier alpha value is -1.94. The molecule has 1 aromatic carbocycles. The van der Waals surface area contributed by atoms with Gasteiger partial charge in [-0.15, -0.1) is 0 Å². The van der Waals surface area contributed by atoms with Gasteiger partial charge in [-0.25, -0.2) is 4.39 Å². The Morgan fingerprint density at radius 3 is 2.52 bits per heavy atom. The Bertz CT molecular complexity index is 576. The number of hydrogen-bond donors (Lipinski definition) is 1. The SMILES string of the molecule is CC(C)(C)NCc1ccc(COc2ccccc2F)nc1. The van der Waals surface area contributed by atoms with E-state index in [9.17, 15) is 4.39 Å². The van der Waals surface area contributed by atoms with Crippen LogP contribution in [0.4, 0.5) is 4.39 Å². The van der Waals surface area contributed by atoms with Crippen LogP contribution in [0.3, 0.4) is 0 Å². The third kappa shape index (κ3) is 5.16. The average Bonchev–Trinajstić information content (AvgIpc) is 2.45. The van der Waals surface area contributed by atoms with Crippen molar-refractivity contribution in [1.29, 1.82) is 0 Å². The fraction of sp³-hybridized carbons (Fsp3) is 0.353. The molecule has 0 bridgehead atoms. The number of pyridine rings is 1. The molecule has 0 fully saturated rings. The van der Waals surface area contributed by atoms with Gasteiger partial charge in [-0.2, -0.15) is 0 Å². The predicted molar refractivity (Wildman–Crippen MR) is 81.6 cm³/mol. The fourth-order valence-corrected chi connectivity index (χ4v) is 1.73. The fourth-order valence-electron chi connectivity index (χ4n) is 1.73. The van der Waals surface area contributed by atoms with E-state index in [1.54, 1.807) is 18.2 Å². The number of halogens is 1. The number of para-hydroxylation sites is 1. The van der Waals surface area contributed by atoms with E-state index in [4.69, 9.17) is 4.74 Å². The predicted octanol–water partition coefficient (Wildman–Crippen LogP) is 3.69. The van der Waals surface area contributed by atoms with Gasteiger partial charge in [0.1, 0.15) is 6.61 Å². The van der Waals surface area contributed by atoms with E-state index in [-0.39, 0.29) is 23.7 Å². The summed E-state index contributed by atoms with van der Waals surface area (Å²) in [5.41, 5.74) is 1.96. The molecule has 0 aliphatic carbocycles. The summed E-state index contributed by atoms with van der Waals surface area (Å²) in [6.45, 7) is 7.39. The standard InChI is InChI=1S/C17H21FN2O/c1-17(2,3)20-11-13-8-9-14(19-10-13)12-21-16-7-5-4-6-15(16)18/h4-10,20H,11-12H2,1-3H3. The summed E-state index contributed by atoms with van der Waals surface area (Å²) in [5, 5.41) is 3.40. The van der Waals surface area contributed by atoms with Gasteiger partial charge >= 0.3 is 0 Å². The van der Waals surface area contributed by atoms with Crippen molar-refractivity contribution in [2.75, 3.05) is 0 Å². The lowest BCUT2D eigenvalue weighted by Crippen LogP contribution is -2.35. The Kier molecular flexibility index (Phi) is 4.91. The van der Waals surface area contributed by atoms with Gasteiger partial charge in [0.15, 0.2) is 11.6 Å². The van der Waals surface area contributed by atoms with Crippen molar-refractivity contribution in [3.63, 3.8) is 0 Å². The van der Waals surface area contributed by atoms with Crippen LogP contribution < -0.4 is 10.1 Å². The normalized spacial score (nSPS) is 11.4. The molecule has 3 nitrogen and oxygen atoms in total. The molecule has 2 aromatic rings. The smallest absolute Gasteiger partial charge is 0.165 e. The third-order valence-electron chi connectivity index (χ3n) is 2.92. The maximum absolute atomic E-state index is 13.4. The molecule has 0 atom stereocenters. The Balaban J connectivity index is 1.89. The number of aromatic nitrogens is 1. The molecule has 4 heteroatoms. The highest BCUT2D eigenvalue weighted by atomic mass is 19.1. The van der Waals surface area contributed by atoms with Gasteiger partial charge in [0, 0.05) is 18.3 Å². The first kappa shape index (κ1) is 15.4. The zero-order valence-corrected chi connectivity index (χ0v) is 12.7. The lowest BCUT2D eigenvalue weighted by Gasteiger charge is -2.20. The van der Waals surface area contributed by atoms with E-state index in [1.807, 2.05) is 18.3 Å². The summed E-state index contributed by atoms with van der Waals surface area (Å²) in [4.78, 5) is 4.34. The first-order chi connectivity index (χ1) is 9.94. The minimum Gasteiger partial charge on any atom is -0.484 e. The number of nitrogens with zero attached hydrogens (tertiary/aromatic N) is 1. The number of rotatable bonds is 5. The van der Waals surface area contributed by atoms with Gasteiger partial charge in [0.05, 0.1) is 5.69 Å². The zero-order chi connectivity index (χ0) is 15.3. The van der Waals surface area contributed by atoms with Crippen molar-refractivity contribution in [2.24, 2.45) is 0 Å². The van der Waals surface area contributed by atoms with E-state index < -0.39 is 0 Å². The van der Waals surface area contributed by atoms with Crippen LogP contribution in [0.2, 0.25) is 0 Å². The van der Waals surface area contributed by atoms with Gasteiger partial charge < -0.3 is 10.1 Å². The molecule has 0 saturated heterocycles. The van der Waals surface area contributed by atoms with Gasteiger partial charge in [-0.1, -0.05) is 18.2 Å². The topological polar surface area (TPSA) is 34.1 Å². The number of ether oxygens (including phenoxy) is 1. The van der Waals surface area contributed by atoms with Crippen LogP contribution in [-0.2, 0) is 13.2 Å². The maximum Gasteiger partial charge on any atom is 0.165 e. The van der Waals surface area contributed by atoms with Crippen molar-refractivity contribution < 1.29 is 9.13 Å². The van der Waals surface area contributed by atoms with Gasteiger partial charge in [-0.05, 0) is 44.5 Å². The first-order valence-electron chi connectivity index (χ1n) is 7.00. The molecular weight excluding hydrogens is 267 g/mol. The van der Waals surface area contributed by atoms with Crippen LogP contribution in [-0.4, -0.2) is 10.5 Å². The van der Waals surface area contributed by atoms with Crippen LogP contribution in [0.25, 0.3) is 0 Å². The van der Waals surface area contributed by atoms with Crippen molar-refractivity contribution in [2.45, 2.75) is 39.5 Å². The number of hydrogen-bond acceptors (Lipinski definition) is 3. The average molecular weight is 288 g/mol. The zero-order valence-electron chi connectivity index (χ0n) is 12.7. The summed E-state index contributed by atoms with van der Waals surface area (Å²) in [5.74, 6) is -0.110. The van der Waals surface area contributed by atoms with E-state index in [1.165, 1.54) is 6.07 Å². The molecule has 112 valence electrons. The lowest BCUT2D eigenvalue weighted by atomic mass is 10.1. The lowest BCUT2D eigenvalue weighted by molar-refractivity contribution is 0.286. The Morgan fingerprint density at radius 2 is 1.90 bits per heavy atom. The van der Waals surface area contributed by atoms with Crippen LogP contribution >= 0.6 is 0 Å². The van der Waals surface area contributed by atoms with E-state index in [0.29, 0.717) is 0 Å². The molecule has 0 saturated carbocycles. The quantitative estimate of drug-likeness (QED) is 0.911. The molecule has 0 aliphatic heterocycles. The summed E-state index contributed by atoms with van der Waals surface area (Å²) in [6.07, 6.45) is 1.82.